The molecule has 2 aromatic carbocycles. The van der Waals surface area contributed by atoms with Crippen molar-refractivity contribution in [2.75, 3.05) is 23.3 Å². The highest BCUT2D eigenvalue weighted by Gasteiger charge is 2.39. The molecule has 1 atom stereocenters. The summed E-state index contributed by atoms with van der Waals surface area (Å²) >= 11 is 6.25. The van der Waals surface area contributed by atoms with Crippen LogP contribution in [-0.2, 0) is 16.0 Å². The number of aryl methyl sites for hydroxylation is 1. The van der Waals surface area contributed by atoms with Gasteiger partial charge in [-0.1, -0.05) is 43.6 Å². The van der Waals surface area contributed by atoms with E-state index in [9.17, 15) is 14.4 Å². The van der Waals surface area contributed by atoms with E-state index in [0.717, 1.165) is 36.4 Å². The second-order valence-electron chi connectivity index (χ2n) is 8.32. The number of likely N-dealkylation sites (tertiary alicyclic amines) is 1. The largest absolute Gasteiger partial charge is 0.350 e. The van der Waals surface area contributed by atoms with Gasteiger partial charge in [0.05, 0.1) is 5.69 Å². The lowest BCUT2D eigenvalue weighted by molar-refractivity contribution is -0.120. The van der Waals surface area contributed by atoms with Crippen LogP contribution < -0.4 is 10.2 Å². The molecule has 1 N–H and O–H groups in total. The van der Waals surface area contributed by atoms with Gasteiger partial charge in [-0.25, -0.2) is 4.90 Å². The van der Waals surface area contributed by atoms with Gasteiger partial charge >= 0.3 is 0 Å². The van der Waals surface area contributed by atoms with E-state index in [-0.39, 0.29) is 16.6 Å². The van der Waals surface area contributed by atoms with E-state index in [2.05, 4.69) is 12.2 Å². The molecule has 0 saturated carbocycles. The van der Waals surface area contributed by atoms with Gasteiger partial charge in [-0.15, -0.1) is 0 Å². The molecule has 2 aromatic rings. The number of halogens is 1. The number of benzene rings is 2. The average molecular weight is 452 g/mol. The van der Waals surface area contributed by atoms with Crippen LogP contribution in [0.15, 0.2) is 59.3 Å². The van der Waals surface area contributed by atoms with Gasteiger partial charge in [0.1, 0.15) is 10.7 Å². The normalized spacial score (nSPS) is 19.0. The van der Waals surface area contributed by atoms with Gasteiger partial charge in [0.15, 0.2) is 0 Å². The van der Waals surface area contributed by atoms with Gasteiger partial charge in [0, 0.05) is 24.3 Å². The maximum atomic E-state index is 13.1. The van der Waals surface area contributed by atoms with Crippen LogP contribution in [0.4, 0.5) is 11.4 Å². The van der Waals surface area contributed by atoms with Crippen LogP contribution in [-0.4, -0.2) is 35.7 Å². The molecule has 4 rings (SSSR count). The lowest BCUT2D eigenvalue weighted by Crippen LogP contribution is -2.39. The Morgan fingerprint density at radius 2 is 1.81 bits per heavy atom. The Morgan fingerprint density at radius 3 is 2.50 bits per heavy atom. The Kier molecular flexibility index (Phi) is 6.33. The number of para-hydroxylation sites is 1. The zero-order valence-corrected chi connectivity index (χ0v) is 19.0. The highest BCUT2D eigenvalue weighted by molar-refractivity contribution is 6.53. The van der Waals surface area contributed by atoms with Crippen molar-refractivity contribution >= 4 is 40.7 Å². The quantitative estimate of drug-likeness (QED) is 0.677. The minimum Gasteiger partial charge on any atom is -0.350 e. The first-order valence-electron chi connectivity index (χ1n) is 10.9. The molecule has 1 saturated heterocycles. The van der Waals surface area contributed by atoms with Crippen LogP contribution in [0.1, 0.15) is 42.6 Å². The van der Waals surface area contributed by atoms with E-state index in [0.29, 0.717) is 29.3 Å². The molecule has 1 fully saturated rings. The molecule has 0 radical (unpaired) electrons. The first-order chi connectivity index (χ1) is 15.4. The Morgan fingerprint density at radius 1 is 1.09 bits per heavy atom. The van der Waals surface area contributed by atoms with Crippen molar-refractivity contribution in [1.29, 1.82) is 0 Å². The van der Waals surface area contributed by atoms with Crippen LogP contribution in [0.3, 0.4) is 0 Å². The molecule has 6 nitrogen and oxygen atoms in total. The van der Waals surface area contributed by atoms with Crippen molar-refractivity contribution in [3.8, 4) is 0 Å². The molecule has 1 unspecified atom stereocenters. The summed E-state index contributed by atoms with van der Waals surface area (Å²) in [6.07, 6.45) is 2.85. The van der Waals surface area contributed by atoms with Crippen molar-refractivity contribution in [2.24, 2.45) is 5.92 Å². The van der Waals surface area contributed by atoms with E-state index < -0.39 is 11.8 Å². The molecule has 0 aliphatic carbocycles. The van der Waals surface area contributed by atoms with Gasteiger partial charge in [-0.2, -0.15) is 0 Å². The zero-order chi connectivity index (χ0) is 22.8. The SMILES string of the molecule is CCc1ccccc1N1C(=O)C(Cl)=C(Nc2ccc(C(=O)N3CCCC(C)C3)cc2)C1=O. The van der Waals surface area contributed by atoms with Crippen molar-refractivity contribution in [3.05, 3.63) is 70.4 Å². The molecule has 2 aliphatic rings. The summed E-state index contributed by atoms with van der Waals surface area (Å²) < 4.78 is 0. The third kappa shape index (κ3) is 4.15. The highest BCUT2D eigenvalue weighted by Crippen LogP contribution is 2.32. The Hall–Kier alpha value is -3.12. The maximum absolute atomic E-state index is 13.1. The maximum Gasteiger partial charge on any atom is 0.283 e. The summed E-state index contributed by atoms with van der Waals surface area (Å²) in [5, 5.41) is 2.82. The number of hydrogen-bond acceptors (Lipinski definition) is 4. The van der Waals surface area contributed by atoms with Gasteiger partial charge < -0.3 is 10.2 Å². The van der Waals surface area contributed by atoms with Gasteiger partial charge in [0.25, 0.3) is 17.7 Å². The predicted octanol–water partition coefficient (Wildman–Crippen LogP) is 4.56. The molecule has 3 amide bonds. The lowest BCUT2D eigenvalue weighted by Gasteiger charge is -2.31. The summed E-state index contributed by atoms with van der Waals surface area (Å²) in [6.45, 7) is 5.67. The van der Waals surface area contributed by atoms with E-state index in [1.807, 2.05) is 24.0 Å². The number of rotatable bonds is 5. The summed E-state index contributed by atoms with van der Waals surface area (Å²) in [6, 6.07) is 14.2. The summed E-state index contributed by atoms with van der Waals surface area (Å²) in [7, 11) is 0. The van der Waals surface area contributed by atoms with Gasteiger partial charge in [-0.3, -0.25) is 14.4 Å². The number of nitrogens with zero attached hydrogens (tertiary/aromatic N) is 2. The zero-order valence-electron chi connectivity index (χ0n) is 18.2. The number of piperidine rings is 1. The average Bonchev–Trinajstić information content (AvgIpc) is 3.02. The molecule has 2 heterocycles. The molecule has 2 aliphatic heterocycles. The Balaban J connectivity index is 1.51. The number of imide groups is 1. The molecular weight excluding hydrogens is 426 g/mol. The highest BCUT2D eigenvalue weighted by atomic mass is 35.5. The number of amides is 3. The van der Waals surface area contributed by atoms with E-state index in [4.69, 9.17) is 11.6 Å². The monoisotopic (exact) mass is 451 g/mol. The first-order valence-corrected chi connectivity index (χ1v) is 11.3. The molecule has 32 heavy (non-hydrogen) atoms. The number of nitrogens with one attached hydrogen (secondary N) is 1. The third-order valence-corrected chi connectivity index (χ3v) is 6.34. The fraction of sp³-hybridized carbons (Fsp3) is 0.320. The standard InChI is InChI=1S/C25H26ClN3O3/c1-3-17-8-4-5-9-20(17)29-24(31)21(26)22(25(29)32)27-19-12-10-18(11-13-19)23(30)28-14-6-7-16(2)15-28/h4-5,8-13,16,27H,3,6-7,14-15H2,1-2H3. The van der Waals surface area contributed by atoms with Gasteiger partial charge in [0.2, 0.25) is 0 Å². The molecule has 166 valence electrons. The van der Waals surface area contributed by atoms with Crippen molar-refractivity contribution < 1.29 is 14.4 Å². The molecule has 0 bridgehead atoms. The van der Waals surface area contributed by atoms with Crippen molar-refractivity contribution in [1.82, 2.24) is 4.90 Å². The summed E-state index contributed by atoms with van der Waals surface area (Å²) in [5.41, 5.74) is 2.63. The van der Waals surface area contributed by atoms with Crippen LogP contribution in [0.25, 0.3) is 0 Å². The van der Waals surface area contributed by atoms with Crippen LogP contribution in [0.2, 0.25) is 0 Å². The number of carbonyl (C=O) groups is 3. The van der Waals surface area contributed by atoms with Crippen LogP contribution >= 0.6 is 11.6 Å². The first kappa shape index (κ1) is 22.1. The van der Waals surface area contributed by atoms with E-state index in [1.54, 1.807) is 36.4 Å². The summed E-state index contributed by atoms with van der Waals surface area (Å²) in [5.74, 6) is -0.529. The second-order valence-corrected chi connectivity index (χ2v) is 8.70. The minimum absolute atomic E-state index is 0.00909. The molecule has 7 heteroatoms. The lowest BCUT2D eigenvalue weighted by atomic mass is 9.99. The number of hydrogen-bond donors (Lipinski definition) is 1. The van der Waals surface area contributed by atoms with E-state index in [1.165, 1.54) is 0 Å². The minimum atomic E-state index is -0.550. The van der Waals surface area contributed by atoms with Crippen LogP contribution in [0.5, 0.6) is 0 Å². The topological polar surface area (TPSA) is 69.7 Å². The fourth-order valence-electron chi connectivity index (χ4n) is 4.26. The Labute approximate surface area is 192 Å². The van der Waals surface area contributed by atoms with Crippen molar-refractivity contribution in [2.45, 2.75) is 33.1 Å². The van der Waals surface area contributed by atoms with Crippen LogP contribution in [0, 0.1) is 5.92 Å². The van der Waals surface area contributed by atoms with Crippen molar-refractivity contribution in [3.63, 3.8) is 0 Å². The fourth-order valence-corrected chi connectivity index (χ4v) is 4.47. The summed E-state index contributed by atoms with van der Waals surface area (Å²) in [4.78, 5) is 41.6. The van der Waals surface area contributed by atoms with Gasteiger partial charge in [-0.05, 0) is 61.1 Å². The number of carbonyl (C=O) groups excluding carboxylic acids is 3. The predicted molar refractivity (Wildman–Crippen MR) is 126 cm³/mol. The number of anilines is 2. The third-order valence-electron chi connectivity index (χ3n) is 5.99. The molecule has 0 spiro atoms. The molecular formula is C25H26ClN3O3. The Bertz CT molecular complexity index is 1090. The van der Waals surface area contributed by atoms with E-state index >= 15 is 0 Å². The smallest absolute Gasteiger partial charge is 0.283 e. The molecule has 0 aromatic heterocycles. The second kappa shape index (κ2) is 9.17.